The SMILES string of the molecule is N#CCC(=O)Nc1ccc2c(O)cc(S(=O)(=O)O)cc2c1. The number of carbonyl (C=O) groups is 1. The molecule has 0 aliphatic heterocycles. The molecule has 0 atom stereocenters. The van der Waals surface area contributed by atoms with Gasteiger partial charge in [0, 0.05) is 17.1 Å². The van der Waals surface area contributed by atoms with Crippen molar-refractivity contribution < 1.29 is 22.9 Å². The van der Waals surface area contributed by atoms with Crippen molar-refractivity contribution in [1.82, 2.24) is 0 Å². The lowest BCUT2D eigenvalue weighted by Crippen LogP contribution is -2.09. The van der Waals surface area contributed by atoms with Crippen LogP contribution in [0.25, 0.3) is 10.8 Å². The molecule has 0 aliphatic rings. The summed E-state index contributed by atoms with van der Waals surface area (Å²) in [5, 5.41) is 21.3. The second-order valence-electron chi connectivity index (χ2n) is 4.24. The van der Waals surface area contributed by atoms with Crippen LogP contribution in [0.15, 0.2) is 35.2 Å². The van der Waals surface area contributed by atoms with E-state index >= 15 is 0 Å². The number of amides is 1. The Kier molecular flexibility index (Phi) is 3.80. The summed E-state index contributed by atoms with van der Waals surface area (Å²) in [5.74, 6) is -0.818. The van der Waals surface area contributed by atoms with Crippen molar-refractivity contribution in [2.24, 2.45) is 0 Å². The van der Waals surface area contributed by atoms with Gasteiger partial charge in [0.1, 0.15) is 12.2 Å². The van der Waals surface area contributed by atoms with Gasteiger partial charge in [-0.3, -0.25) is 9.35 Å². The first kappa shape index (κ1) is 14.8. The molecule has 108 valence electrons. The molecule has 0 saturated heterocycles. The standard InChI is InChI=1S/C13H10N2O5S/c14-4-3-13(17)15-9-1-2-11-8(5-9)6-10(7-12(11)16)21(18,19)20/h1-2,5-7,16H,3H2,(H,15,17)(H,18,19,20). The number of carbonyl (C=O) groups excluding carboxylic acids is 1. The first-order valence-electron chi connectivity index (χ1n) is 5.72. The largest absolute Gasteiger partial charge is 0.507 e. The van der Waals surface area contributed by atoms with Crippen LogP contribution in [-0.2, 0) is 14.9 Å². The molecule has 0 fully saturated rings. The van der Waals surface area contributed by atoms with Crippen molar-refractivity contribution in [1.29, 1.82) is 5.26 Å². The zero-order valence-corrected chi connectivity index (χ0v) is 11.4. The summed E-state index contributed by atoms with van der Waals surface area (Å²) >= 11 is 0. The van der Waals surface area contributed by atoms with Gasteiger partial charge in [-0.25, -0.2) is 0 Å². The van der Waals surface area contributed by atoms with Gasteiger partial charge in [-0.05, 0) is 29.7 Å². The van der Waals surface area contributed by atoms with E-state index in [9.17, 15) is 18.3 Å². The van der Waals surface area contributed by atoms with Crippen molar-refractivity contribution in [3.63, 3.8) is 0 Å². The number of fused-ring (bicyclic) bond motifs is 1. The van der Waals surface area contributed by atoms with E-state index < -0.39 is 20.9 Å². The minimum Gasteiger partial charge on any atom is -0.507 e. The zero-order valence-electron chi connectivity index (χ0n) is 10.6. The van der Waals surface area contributed by atoms with E-state index in [-0.39, 0.29) is 12.2 Å². The van der Waals surface area contributed by atoms with Crippen molar-refractivity contribution >= 4 is 32.5 Å². The second-order valence-corrected chi connectivity index (χ2v) is 5.66. The topological polar surface area (TPSA) is 127 Å². The molecule has 2 rings (SSSR count). The molecule has 0 aliphatic carbocycles. The quantitative estimate of drug-likeness (QED) is 0.740. The van der Waals surface area contributed by atoms with Gasteiger partial charge in [-0.1, -0.05) is 0 Å². The summed E-state index contributed by atoms with van der Waals surface area (Å²) in [6.45, 7) is 0. The van der Waals surface area contributed by atoms with Gasteiger partial charge < -0.3 is 10.4 Å². The predicted octanol–water partition coefficient (Wildman–Crippen LogP) is 1.64. The number of aromatic hydroxyl groups is 1. The van der Waals surface area contributed by atoms with E-state index in [0.717, 1.165) is 6.07 Å². The number of anilines is 1. The maximum absolute atomic E-state index is 11.3. The number of benzene rings is 2. The van der Waals surface area contributed by atoms with Crippen LogP contribution in [0, 0.1) is 11.3 Å². The second kappa shape index (κ2) is 5.40. The van der Waals surface area contributed by atoms with Gasteiger partial charge in [0.25, 0.3) is 10.1 Å². The number of nitrogens with zero attached hydrogens (tertiary/aromatic N) is 1. The molecule has 8 heteroatoms. The third-order valence-electron chi connectivity index (χ3n) is 2.73. The first-order valence-corrected chi connectivity index (χ1v) is 7.16. The summed E-state index contributed by atoms with van der Waals surface area (Å²) in [6, 6.07) is 8.23. The van der Waals surface area contributed by atoms with E-state index in [4.69, 9.17) is 9.81 Å². The Bertz CT molecular complexity index is 868. The van der Waals surface area contributed by atoms with Crippen LogP contribution in [0.3, 0.4) is 0 Å². The fourth-order valence-electron chi connectivity index (χ4n) is 1.83. The number of nitrogens with one attached hydrogen (secondary N) is 1. The van der Waals surface area contributed by atoms with Gasteiger partial charge in [-0.15, -0.1) is 0 Å². The average Bonchev–Trinajstić information content (AvgIpc) is 2.37. The number of phenolic OH excluding ortho intramolecular Hbond substituents is 1. The first-order chi connectivity index (χ1) is 9.81. The van der Waals surface area contributed by atoms with Gasteiger partial charge >= 0.3 is 0 Å². The van der Waals surface area contributed by atoms with Crippen molar-refractivity contribution in [2.45, 2.75) is 11.3 Å². The van der Waals surface area contributed by atoms with Crippen LogP contribution in [-0.4, -0.2) is 24.0 Å². The molecule has 21 heavy (non-hydrogen) atoms. The minimum atomic E-state index is -4.45. The van der Waals surface area contributed by atoms with Gasteiger partial charge in [0.2, 0.25) is 5.91 Å². The Morgan fingerprint density at radius 2 is 2.00 bits per heavy atom. The molecule has 2 aromatic carbocycles. The highest BCUT2D eigenvalue weighted by Crippen LogP contribution is 2.30. The molecule has 0 unspecified atom stereocenters. The van der Waals surface area contributed by atoms with Crippen molar-refractivity contribution in [3.05, 3.63) is 30.3 Å². The molecule has 3 N–H and O–H groups in total. The van der Waals surface area contributed by atoms with Gasteiger partial charge in [-0.2, -0.15) is 13.7 Å². The molecule has 0 heterocycles. The lowest BCUT2D eigenvalue weighted by atomic mass is 10.1. The molecular formula is C13H10N2O5S. The molecule has 2 aromatic rings. The normalized spacial score (nSPS) is 11.0. The molecule has 0 saturated carbocycles. The predicted molar refractivity (Wildman–Crippen MR) is 74.3 cm³/mol. The smallest absolute Gasteiger partial charge is 0.294 e. The van der Waals surface area contributed by atoms with E-state index in [1.165, 1.54) is 24.3 Å². The Balaban J connectivity index is 2.51. The molecular weight excluding hydrogens is 296 g/mol. The Labute approximate surface area is 120 Å². The monoisotopic (exact) mass is 306 g/mol. The van der Waals surface area contributed by atoms with Crippen LogP contribution in [0.2, 0.25) is 0 Å². The Morgan fingerprint density at radius 3 is 2.62 bits per heavy atom. The van der Waals surface area contributed by atoms with Crippen LogP contribution in [0.4, 0.5) is 5.69 Å². The summed E-state index contributed by atoms with van der Waals surface area (Å²) in [6.07, 6.45) is -0.311. The molecule has 0 spiro atoms. The van der Waals surface area contributed by atoms with Gasteiger partial charge in [0.15, 0.2) is 0 Å². The van der Waals surface area contributed by atoms with Crippen LogP contribution in [0.5, 0.6) is 5.75 Å². The summed E-state index contributed by atoms with van der Waals surface area (Å²) in [5.41, 5.74) is 0.342. The third kappa shape index (κ3) is 3.28. The number of nitriles is 1. The minimum absolute atomic E-state index is 0.310. The highest BCUT2D eigenvalue weighted by Gasteiger charge is 2.13. The van der Waals surface area contributed by atoms with Crippen molar-refractivity contribution in [2.75, 3.05) is 5.32 Å². The molecule has 7 nitrogen and oxygen atoms in total. The lowest BCUT2D eigenvalue weighted by Gasteiger charge is -2.07. The zero-order chi connectivity index (χ0) is 15.6. The third-order valence-corrected chi connectivity index (χ3v) is 3.56. The highest BCUT2D eigenvalue weighted by atomic mass is 32.2. The number of rotatable bonds is 3. The Morgan fingerprint density at radius 1 is 1.29 bits per heavy atom. The number of phenols is 1. The maximum Gasteiger partial charge on any atom is 0.294 e. The van der Waals surface area contributed by atoms with Gasteiger partial charge in [0.05, 0.1) is 11.0 Å². The van der Waals surface area contributed by atoms with E-state index in [1.807, 2.05) is 0 Å². The van der Waals surface area contributed by atoms with Crippen molar-refractivity contribution in [3.8, 4) is 11.8 Å². The van der Waals surface area contributed by atoms with E-state index in [1.54, 1.807) is 6.07 Å². The van der Waals surface area contributed by atoms with Crippen LogP contribution >= 0.6 is 0 Å². The maximum atomic E-state index is 11.3. The fourth-order valence-corrected chi connectivity index (χ4v) is 2.36. The van der Waals surface area contributed by atoms with E-state index in [2.05, 4.69) is 5.32 Å². The molecule has 1 amide bonds. The van der Waals surface area contributed by atoms with Crippen LogP contribution in [0.1, 0.15) is 6.42 Å². The Hall–Kier alpha value is -2.63. The van der Waals surface area contributed by atoms with Crippen LogP contribution < -0.4 is 5.32 Å². The molecule has 0 bridgehead atoms. The lowest BCUT2D eigenvalue weighted by molar-refractivity contribution is -0.115. The summed E-state index contributed by atoms with van der Waals surface area (Å²) < 4.78 is 31.2. The molecule has 0 aromatic heterocycles. The number of hydrogen-bond donors (Lipinski definition) is 3. The average molecular weight is 306 g/mol. The fraction of sp³-hybridized carbons (Fsp3) is 0.0769. The highest BCUT2D eigenvalue weighted by molar-refractivity contribution is 7.85. The summed E-state index contributed by atoms with van der Waals surface area (Å²) in [4.78, 5) is 10.9. The summed E-state index contributed by atoms with van der Waals surface area (Å²) in [7, 11) is -4.45. The number of hydrogen-bond acceptors (Lipinski definition) is 5. The molecule has 0 radical (unpaired) electrons. The van der Waals surface area contributed by atoms with E-state index in [0.29, 0.717) is 16.5 Å².